The van der Waals surface area contributed by atoms with Crippen molar-refractivity contribution >= 4 is 31.7 Å². The molecule has 2 unspecified atom stereocenters. The van der Waals surface area contributed by atoms with Crippen molar-refractivity contribution in [1.29, 1.82) is 0 Å². The van der Waals surface area contributed by atoms with Crippen LogP contribution in [0.1, 0.15) is 11.1 Å². The molecule has 28 heavy (non-hydrogen) atoms. The number of fused-ring (bicyclic) bond motifs is 3. The van der Waals surface area contributed by atoms with Crippen LogP contribution in [0.3, 0.4) is 0 Å². The molecule has 2 aliphatic rings. The first kappa shape index (κ1) is 19.8. The summed E-state index contributed by atoms with van der Waals surface area (Å²) >= 11 is 3.47. The summed E-state index contributed by atoms with van der Waals surface area (Å²) in [6, 6.07) is 11.4. The van der Waals surface area contributed by atoms with Gasteiger partial charge in [-0.2, -0.15) is 8.42 Å². The fourth-order valence-electron chi connectivity index (χ4n) is 3.80. The van der Waals surface area contributed by atoms with Crippen LogP contribution in [0.15, 0.2) is 51.8 Å². The summed E-state index contributed by atoms with van der Waals surface area (Å²) in [5.74, 6) is 0. The maximum Gasteiger partial charge on any atom is 0.297 e. The summed E-state index contributed by atoms with van der Waals surface area (Å²) < 4.78 is 52.8. The second-order valence-electron chi connectivity index (χ2n) is 7.30. The number of alkyl halides is 1. The molecule has 1 fully saturated rings. The Balaban J connectivity index is 1.61. The maximum absolute atomic E-state index is 16.1. The number of hydrogen-bond donors (Lipinski definition) is 0. The number of halogens is 2. The van der Waals surface area contributed by atoms with Crippen LogP contribution in [-0.2, 0) is 25.5 Å². The average Bonchev–Trinajstić information content (AvgIpc) is 2.68. The number of rotatable bonds is 4. The van der Waals surface area contributed by atoms with E-state index in [1.54, 1.807) is 12.1 Å². The van der Waals surface area contributed by atoms with E-state index in [1.165, 1.54) is 12.1 Å². The van der Waals surface area contributed by atoms with E-state index in [0.717, 1.165) is 21.3 Å². The standard InChI is InChI=1S/C20H21BrFNO4S/c1-14-2-6-17(7-3-14)28(24,25)27-13-20(22)11-15-4-5-16(21)10-18(15)23-8-9-26-12-19(20)23/h2-7,10,19H,8-9,11-13H2,1H3. The van der Waals surface area contributed by atoms with E-state index in [9.17, 15) is 8.42 Å². The summed E-state index contributed by atoms with van der Waals surface area (Å²) in [6.45, 7) is 2.55. The number of benzene rings is 2. The predicted molar refractivity (Wildman–Crippen MR) is 108 cm³/mol. The van der Waals surface area contributed by atoms with Crippen LogP contribution in [0.5, 0.6) is 0 Å². The molecule has 0 bridgehead atoms. The zero-order valence-electron chi connectivity index (χ0n) is 15.4. The second-order valence-corrected chi connectivity index (χ2v) is 9.83. The third-order valence-electron chi connectivity index (χ3n) is 5.33. The van der Waals surface area contributed by atoms with Crippen molar-refractivity contribution in [1.82, 2.24) is 0 Å². The van der Waals surface area contributed by atoms with E-state index >= 15 is 4.39 Å². The fourth-order valence-corrected chi connectivity index (χ4v) is 5.11. The van der Waals surface area contributed by atoms with E-state index in [-0.39, 0.29) is 17.9 Å². The topological polar surface area (TPSA) is 55.8 Å². The second kappa shape index (κ2) is 7.40. The van der Waals surface area contributed by atoms with Gasteiger partial charge in [-0.25, -0.2) is 4.39 Å². The van der Waals surface area contributed by atoms with Gasteiger partial charge in [0.05, 0.1) is 24.2 Å². The Morgan fingerprint density at radius 2 is 2.04 bits per heavy atom. The highest BCUT2D eigenvalue weighted by Crippen LogP contribution is 2.41. The van der Waals surface area contributed by atoms with Gasteiger partial charge in [0.15, 0.2) is 5.67 Å². The molecule has 0 N–H and O–H groups in total. The Labute approximate surface area is 172 Å². The first-order valence-corrected chi connectivity index (χ1v) is 11.3. The van der Waals surface area contributed by atoms with Crippen molar-refractivity contribution in [2.45, 2.75) is 30.0 Å². The van der Waals surface area contributed by atoms with Gasteiger partial charge in [0.25, 0.3) is 10.1 Å². The molecule has 150 valence electrons. The molecule has 2 aromatic rings. The van der Waals surface area contributed by atoms with E-state index in [0.29, 0.717) is 13.2 Å². The van der Waals surface area contributed by atoms with Gasteiger partial charge < -0.3 is 9.64 Å². The Morgan fingerprint density at radius 3 is 2.79 bits per heavy atom. The lowest BCUT2D eigenvalue weighted by Gasteiger charge is -2.49. The lowest BCUT2D eigenvalue weighted by molar-refractivity contribution is -0.0100. The third kappa shape index (κ3) is 3.70. The maximum atomic E-state index is 16.1. The molecule has 8 heteroatoms. The molecule has 2 heterocycles. The molecule has 2 aromatic carbocycles. The molecule has 0 saturated carbocycles. The summed E-state index contributed by atoms with van der Waals surface area (Å²) in [4.78, 5) is 1.99. The van der Waals surface area contributed by atoms with Crippen molar-refractivity contribution in [3.63, 3.8) is 0 Å². The number of ether oxygens (including phenoxy) is 1. The highest BCUT2D eigenvalue weighted by Gasteiger charge is 2.49. The van der Waals surface area contributed by atoms with Crippen molar-refractivity contribution in [3.8, 4) is 0 Å². The molecule has 2 aliphatic heterocycles. The van der Waals surface area contributed by atoms with Crippen LogP contribution in [0.25, 0.3) is 0 Å². The van der Waals surface area contributed by atoms with Gasteiger partial charge in [-0.05, 0) is 36.8 Å². The Bertz CT molecular complexity index is 982. The van der Waals surface area contributed by atoms with Crippen LogP contribution >= 0.6 is 15.9 Å². The Morgan fingerprint density at radius 1 is 1.29 bits per heavy atom. The number of aryl methyl sites for hydroxylation is 1. The molecule has 0 aromatic heterocycles. The number of morpholine rings is 1. The quantitative estimate of drug-likeness (QED) is 0.639. The smallest absolute Gasteiger partial charge is 0.297 e. The van der Waals surface area contributed by atoms with E-state index < -0.39 is 28.4 Å². The van der Waals surface area contributed by atoms with E-state index in [1.807, 2.05) is 30.0 Å². The predicted octanol–water partition coefficient (Wildman–Crippen LogP) is 3.63. The monoisotopic (exact) mass is 469 g/mol. The van der Waals surface area contributed by atoms with E-state index in [2.05, 4.69) is 15.9 Å². The summed E-state index contributed by atoms with van der Waals surface area (Å²) in [7, 11) is -4.04. The number of nitrogens with zero attached hydrogens (tertiary/aromatic N) is 1. The first-order valence-electron chi connectivity index (χ1n) is 9.06. The molecule has 2 atom stereocenters. The van der Waals surface area contributed by atoms with Gasteiger partial charge in [-0.15, -0.1) is 0 Å². The molecule has 5 nitrogen and oxygen atoms in total. The molecule has 4 rings (SSSR count). The van der Waals surface area contributed by atoms with Crippen LogP contribution in [-0.4, -0.2) is 46.5 Å². The lowest BCUT2D eigenvalue weighted by Crippen LogP contribution is -2.62. The van der Waals surface area contributed by atoms with Crippen LogP contribution < -0.4 is 4.90 Å². The van der Waals surface area contributed by atoms with Gasteiger partial charge in [0, 0.05) is 23.1 Å². The minimum absolute atomic E-state index is 0.0265. The Hall–Kier alpha value is -1.48. The minimum atomic E-state index is -4.04. The summed E-state index contributed by atoms with van der Waals surface area (Å²) in [5, 5.41) is 0. The summed E-state index contributed by atoms with van der Waals surface area (Å²) in [6.07, 6.45) is 0.0730. The highest BCUT2D eigenvalue weighted by molar-refractivity contribution is 9.10. The minimum Gasteiger partial charge on any atom is -0.377 e. The number of anilines is 1. The molecule has 1 saturated heterocycles. The largest absolute Gasteiger partial charge is 0.377 e. The molecule has 0 radical (unpaired) electrons. The van der Waals surface area contributed by atoms with Gasteiger partial charge in [0.1, 0.15) is 6.61 Å². The average molecular weight is 470 g/mol. The Kier molecular flexibility index (Phi) is 5.24. The molecule has 0 spiro atoms. The van der Waals surface area contributed by atoms with Gasteiger partial charge in [-0.1, -0.05) is 39.7 Å². The van der Waals surface area contributed by atoms with Gasteiger partial charge in [-0.3, -0.25) is 4.18 Å². The molecular weight excluding hydrogens is 449 g/mol. The SMILES string of the molecule is Cc1ccc(S(=O)(=O)OCC2(F)Cc3ccc(Br)cc3N3CCOCC32)cc1. The normalized spacial score (nSPS) is 24.5. The van der Waals surface area contributed by atoms with Crippen LogP contribution in [0.4, 0.5) is 10.1 Å². The zero-order valence-corrected chi connectivity index (χ0v) is 17.8. The summed E-state index contributed by atoms with van der Waals surface area (Å²) in [5.41, 5.74) is 0.849. The first-order chi connectivity index (χ1) is 13.3. The van der Waals surface area contributed by atoms with Crippen molar-refractivity contribution in [2.75, 3.05) is 31.3 Å². The zero-order chi connectivity index (χ0) is 19.9. The van der Waals surface area contributed by atoms with Crippen LogP contribution in [0, 0.1) is 6.92 Å². The molecular formula is C20H21BrFNO4S. The third-order valence-corrected chi connectivity index (χ3v) is 7.10. The van der Waals surface area contributed by atoms with E-state index in [4.69, 9.17) is 8.92 Å². The lowest BCUT2D eigenvalue weighted by atomic mass is 9.83. The molecule has 0 aliphatic carbocycles. The van der Waals surface area contributed by atoms with Gasteiger partial charge >= 0.3 is 0 Å². The fraction of sp³-hybridized carbons (Fsp3) is 0.400. The van der Waals surface area contributed by atoms with Crippen molar-refractivity contribution in [3.05, 3.63) is 58.1 Å². The molecule has 0 amide bonds. The van der Waals surface area contributed by atoms with Crippen molar-refractivity contribution < 1.29 is 21.7 Å². The van der Waals surface area contributed by atoms with Crippen molar-refractivity contribution in [2.24, 2.45) is 0 Å². The number of hydrogen-bond acceptors (Lipinski definition) is 5. The highest BCUT2D eigenvalue weighted by atomic mass is 79.9. The van der Waals surface area contributed by atoms with Gasteiger partial charge in [0.2, 0.25) is 0 Å². The van der Waals surface area contributed by atoms with Crippen LogP contribution in [0.2, 0.25) is 0 Å².